The summed E-state index contributed by atoms with van der Waals surface area (Å²) in [5.41, 5.74) is 9.70. The third-order valence-corrected chi connectivity index (χ3v) is 6.51. The monoisotopic (exact) mass is 512 g/mol. The largest absolute Gasteiger partial charge is 0.456 e. The van der Waals surface area contributed by atoms with Gasteiger partial charge in [0.1, 0.15) is 29.3 Å². The van der Waals surface area contributed by atoms with E-state index in [4.69, 9.17) is 10.5 Å². The number of nitrogens with zero attached hydrogens (tertiary/aromatic N) is 3. The smallest absolute Gasteiger partial charge is 0.274 e. The molecule has 0 unspecified atom stereocenters. The van der Waals surface area contributed by atoms with Crippen LogP contribution in [0.1, 0.15) is 28.5 Å². The summed E-state index contributed by atoms with van der Waals surface area (Å²) in [5.74, 6) is 0.429. The Labute approximate surface area is 218 Å². The van der Waals surface area contributed by atoms with Crippen LogP contribution in [0, 0.1) is 13.8 Å². The summed E-state index contributed by atoms with van der Waals surface area (Å²) in [5, 5.41) is 8.43. The molecule has 10 nitrogen and oxygen atoms in total. The lowest BCUT2D eigenvalue weighted by atomic mass is 10.0. The summed E-state index contributed by atoms with van der Waals surface area (Å²) in [7, 11) is 1.65. The maximum Gasteiger partial charge on any atom is 0.274 e. The number of aryl methyl sites for hydroxylation is 3. The van der Waals surface area contributed by atoms with Gasteiger partial charge in [-0.05, 0) is 50.1 Å². The SMILES string of the molecule is CCNC(=O)c1cc2c(-c3cc4c(cnn4CC(N)=O)cc3Oc3c(C)cccc3C)cn(C)c(=O)c2[nH]1. The van der Waals surface area contributed by atoms with Gasteiger partial charge in [-0.3, -0.25) is 19.1 Å². The number of primary amides is 1. The van der Waals surface area contributed by atoms with Gasteiger partial charge < -0.3 is 25.3 Å². The molecule has 5 aromatic rings. The Morgan fingerprint density at radius 3 is 2.55 bits per heavy atom. The maximum atomic E-state index is 13.0. The van der Waals surface area contributed by atoms with Gasteiger partial charge in [-0.2, -0.15) is 5.10 Å². The second kappa shape index (κ2) is 9.55. The number of amides is 2. The van der Waals surface area contributed by atoms with Gasteiger partial charge in [-0.15, -0.1) is 0 Å². The molecule has 0 fully saturated rings. The third kappa shape index (κ3) is 4.30. The fourth-order valence-electron chi connectivity index (χ4n) is 4.67. The van der Waals surface area contributed by atoms with Crippen molar-refractivity contribution in [1.82, 2.24) is 24.6 Å². The Balaban J connectivity index is 1.81. The number of hydrogen-bond donors (Lipinski definition) is 3. The molecule has 2 aromatic carbocycles. The van der Waals surface area contributed by atoms with Crippen LogP contribution in [-0.2, 0) is 18.4 Å². The van der Waals surface area contributed by atoms with Crippen molar-refractivity contribution in [3.05, 3.63) is 76.0 Å². The molecule has 0 atom stereocenters. The number of benzene rings is 2. The molecule has 3 aromatic heterocycles. The van der Waals surface area contributed by atoms with E-state index in [2.05, 4.69) is 15.4 Å². The Hall–Kier alpha value is -4.86. The molecule has 38 heavy (non-hydrogen) atoms. The minimum absolute atomic E-state index is 0.0891. The number of H-pyrrole nitrogens is 1. The Bertz CT molecular complexity index is 1770. The Morgan fingerprint density at radius 1 is 1.13 bits per heavy atom. The highest BCUT2D eigenvalue weighted by Crippen LogP contribution is 2.41. The number of carbonyl (C=O) groups excluding carboxylic acids is 2. The van der Waals surface area contributed by atoms with Gasteiger partial charge in [-0.25, -0.2) is 0 Å². The first-order valence-corrected chi connectivity index (χ1v) is 12.2. The number of carbonyl (C=O) groups is 2. The number of nitrogens with two attached hydrogens (primary N) is 1. The Morgan fingerprint density at radius 2 is 1.87 bits per heavy atom. The van der Waals surface area contributed by atoms with E-state index in [9.17, 15) is 14.4 Å². The van der Waals surface area contributed by atoms with E-state index in [0.29, 0.717) is 39.8 Å². The number of aromatic amines is 1. The van der Waals surface area contributed by atoms with Crippen molar-refractivity contribution in [3.8, 4) is 22.6 Å². The van der Waals surface area contributed by atoms with Gasteiger partial charge in [-0.1, -0.05) is 18.2 Å². The molecule has 4 N–H and O–H groups in total. The van der Waals surface area contributed by atoms with Crippen LogP contribution in [-0.4, -0.2) is 37.7 Å². The van der Waals surface area contributed by atoms with E-state index in [1.807, 2.05) is 51.1 Å². The first kappa shape index (κ1) is 24.8. The highest BCUT2D eigenvalue weighted by molar-refractivity contribution is 6.04. The first-order chi connectivity index (χ1) is 18.2. The molecule has 0 radical (unpaired) electrons. The van der Waals surface area contributed by atoms with Crippen LogP contribution < -0.4 is 21.3 Å². The van der Waals surface area contributed by atoms with E-state index < -0.39 is 5.91 Å². The van der Waals surface area contributed by atoms with Crippen LogP contribution in [0.4, 0.5) is 0 Å². The summed E-state index contributed by atoms with van der Waals surface area (Å²) in [6, 6.07) is 11.3. The van der Waals surface area contributed by atoms with Crippen molar-refractivity contribution in [3.63, 3.8) is 0 Å². The zero-order chi connectivity index (χ0) is 27.1. The summed E-state index contributed by atoms with van der Waals surface area (Å²) in [6.07, 6.45) is 3.37. The fourth-order valence-corrected chi connectivity index (χ4v) is 4.67. The minimum Gasteiger partial charge on any atom is -0.456 e. The number of rotatable bonds is 7. The number of aromatic nitrogens is 4. The van der Waals surface area contributed by atoms with Crippen LogP contribution in [0.5, 0.6) is 11.5 Å². The molecule has 5 rings (SSSR count). The maximum absolute atomic E-state index is 13.0. The summed E-state index contributed by atoms with van der Waals surface area (Å²) >= 11 is 0. The minimum atomic E-state index is -0.519. The highest BCUT2D eigenvalue weighted by Gasteiger charge is 2.21. The number of ether oxygens (including phenoxy) is 1. The number of nitrogens with one attached hydrogen (secondary N) is 2. The van der Waals surface area contributed by atoms with Gasteiger partial charge in [0.25, 0.3) is 11.5 Å². The molecule has 0 saturated heterocycles. The Kier molecular flexibility index (Phi) is 6.23. The molecule has 0 spiro atoms. The second-order valence-electron chi connectivity index (χ2n) is 9.29. The highest BCUT2D eigenvalue weighted by atomic mass is 16.5. The second-order valence-corrected chi connectivity index (χ2v) is 9.29. The normalized spacial score (nSPS) is 11.3. The quantitative estimate of drug-likeness (QED) is 0.306. The molecule has 10 heteroatoms. The zero-order valence-electron chi connectivity index (χ0n) is 21.6. The van der Waals surface area contributed by atoms with Crippen LogP contribution in [0.3, 0.4) is 0 Å². The van der Waals surface area contributed by atoms with Crippen molar-refractivity contribution in [2.24, 2.45) is 12.8 Å². The number of para-hydroxylation sites is 1. The van der Waals surface area contributed by atoms with Crippen molar-refractivity contribution >= 4 is 33.6 Å². The van der Waals surface area contributed by atoms with E-state index in [1.54, 1.807) is 25.5 Å². The molecule has 0 bridgehead atoms. The lowest BCUT2D eigenvalue weighted by Crippen LogP contribution is -2.23. The van der Waals surface area contributed by atoms with Crippen LogP contribution >= 0.6 is 0 Å². The predicted octanol–water partition coefficient (Wildman–Crippen LogP) is 3.53. The number of fused-ring (bicyclic) bond motifs is 2. The van der Waals surface area contributed by atoms with E-state index in [0.717, 1.165) is 22.3 Å². The third-order valence-electron chi connectivity index (χ3n) is 6.51. The lowest BCUT2D eigenvalue weighted by molar-refractivity contribution is -0.118. The van der Waals surface area contributed by atoms with E-state index >= 15 is 0 Å². The predicted molar refractivity (Wildman–Crippen MR) is 145 cm³/mol. The zero-order valence-corrected chi connectivity index (χ0v) is 21.6. The van der Waals surface area contributed by atoms with Crippen molar-refractivity contribution in [2.75, 3.05) is 6.54 Å². The first-order valence-electron chi connectivity index (χ1n) is 12.2. The van der Waals surface area contributed by atoms with E-state index in [1.165, 1.54) is 9.25 Å². The molecular formula is C28H28N6O4. The van der Waals surface area contributed by atoms with Crippen molar-refractivity contribution < 1.29 is 14.3 Å². The van der Waals surface area contributed by atoms with Gasteiger partial charge >= 0.3 is 0 Å². The van der Waals surface area contributed by atoms with Crippen LogP contribution in [0.25, 0.3) is 32.9 Å². The molecule has 0 aliphatic carbocycles. The molecule has 2 amide bonds. The van der Waals surface area contributed by atoms with Gasteiger partial charge in [0.15, 0.2) is 0 Å². The molecular weight excluding hydrogens is 484 g/mol. The number of pyridine rings is 1. The van der Waals surface area contributed by atoms with Gasteiger partial charge in [0.2, 0.25) is 5.91 Å². The topological polar surface area (TPSA) is 137 Å². The standard InChI is InChI=1S/C28H28N6O4/c1-5-30-27(36)21-10-19-20(13-33(4)28(37)25(19)32-21)18-11-22-17(12-31-34(22)14-24(29)35)9-23(18)38-26-15(2)7-6-8-16(26)3/h6-13,32H,5,14H2,1-4H3,(H2,29,35)(H,30,36). The molecule has 194 valence electrons. The van der Waals surface area contributed by atoms with Gasteiger partial charge in [0, 0.05) is 41.7 Å². The van der Waals surface area contributed by atoms with Crippen molar-refractivity contribution in [1.29, 1.82) is 0 Å². The summed E-state index contributed by atoms with van der Waals surface area (Å²) in [6.45, 7) is 6.13. The van der Waals surface area contributed by atoms with E-state index in [-0.39, 0.29) is 23.7 Å². The molecule has 0 saturated carbocycles. The molecule has 0 aliphatic heterocycles. The summed E-state index contributed by atoms with van der Waals surface area (Å²) in [4.78, 5) is 40.3. The summed E-state index contributed by atoms with van der Waals surface area (Å²) < 4.78 is 9.52. The van der Waals surface area contributed by atoms with Gasteiger partial charge in [0.05, 0.1) is 11.7 Å². The molecule has 3 heterocycles. The lowest BCUT2D eigenvalue weighted by Gasteiger charge is -2.17. The molecule has 0 aliphatic rings. The van der Waals surface area contributed by atoms with Crippen molar-refractivity contribution in [2.45, 2.75) is 27.3 Å². The fraction of sp³-hybridized carbons (Fsp3) is 0.214. The number of hydrogen-bond acceptors (Lipinski definition) is 5. The average Bonchev–Trinajstić information content (AvgIpc) is 3.48. The van der Waals surface area contributed by atoms with Crippen LogP contribution in [0.2, 0.25) is 0 Å². The van der Waals surface area contributed by atoms with Crippen LogP contribution in [0.15, 0.2) is 53.6 Å². The average molecular weight is 513 g/mol.